The number of fused-ring (bicyclic) bond motifs is 1. The van der Waals surface area contributed by atoms with E-state index in [1.165, 1.54) is 0 Å². The first-order valence-electron chi connectivity index (χ1n) is 7.97. The van der Waals surface area contributed by atoms with Crippen LogP contribution < -0.4 is 0 Å². The van der Waals surface area contributed by atoms with Crippen molar-refractivity contribution >= 4 is 11.0 Å². The molecule has 3 heterocycles. The molecule has 2 aromatic carbocycles. The SMILES string of the molecule is c1cc(-n2ccnc2)cc(-n2cnc3cc(-c4ccoc4)ccc32)c1. The number of imidazole rings is 2. The lowest BCUT2D eigenvalue weighted by Crippen LogP contribution is -1.95. The summed E-state index contributed by atoms with van der Waals surface area (Å²) < 4.78 is 9.25. The molecule has 3 aromatic heterocycles. The highest BCUT2D eigenvalue weighted by Gasteiger charge is 2.08. The molecule has 5 aromatic rings. The van der Waals surface area contributed by atoms with Gasteiger partial charge >= 0.3 is 0 Å². The van der Waals surface area contributed by atoms with Gasteiger partial charge in [-0.1, -0.05) is 12.1 Å². The van der Waals surface area contributed by atoms with E-state index < -0.39 is 0 Å². The van der Waals surface area contributed by atoms with E-state index in [0.29, 0.717) is 0 Å². The zero-order chi connectivity index (χ0) is 16.6. The van der Waals surface area contributed by atoms with E-state index in [1.807, 2.05) is 29.2 Å². The first-order chi connectivity index (χ1) is 12.4. The molecule has 0 amide bonds. The van der Waals surface area contributed by atoms with Gasteiger partial charge in [-0.25, -0.2) is 9.97 Å². The molecule has 0 radical (unpaired) electrons. The minimum absolute atomic E-state index is 0.951. The number of hydrogen-bond acceptors (Lipinski definition) is 3. The molecule has 0 atom stereocenters. The number of hydrogen-bond donors (Lipinski definition) is 0. The lowest BCUT2D eigenvalue weighted by Gasteiger charge is -2.08. The number of benzene rings is 2. The van der Waals surface area contributed by atoms with E-state index in [-0.39, 0.29) is 0 Å². The van der Waals surface area contributed by atoms with E-state index in [0.717, 1.165) is 33.5 Å². The molecule has 25 heavy (non-hydrogen) atoms. The lowest BCUT2D eigenvalue weighted by molar-refractivity contribution is 0.568. The molecule has 0 N–H and O–H groups in total. The number of rotatable bonds is 3. The van der Waals surface area contributed by atoms with Gasteiger partial charge in [0.15, 0.2) is 0 Å². The summed E-state index contributed by atoms with van der Waals surface area (Å²) in [7, 11) is 0. The van der Waals surface area contributed by atoms with Crippen LogP contribution >= 0.6 is 0 Å². The van der Waals surface area contributed by atoms with Gasteiger partial charge < -0.3 is 8.98 Å². The van der Waals surface area contributed by atoms with Gasteiger partial charge in [0.05, 0.1) is 29.9 Å². The molecule has 120 valence electrons. The normalized spacial score (nSPS) is 11.2. The first kappa shape index (κ1) is 13.8. The fourth-order valence-electron chi connectivity index (χ4n) is 3.04. The summed E-state index contributed by atoms with van der Waals surface area (Å²) in [5.41, 5.74) is 6.29. The molecule has 5 heteroatoms. The minimum Gasteiger partial charge on any atom is -0.472 e. The predicted octanol–water partition coefficient (Wildman–Crippen LogP) is 4.47. The van der Waals surface area contributed by atoms with Crippen LogP contribution in [0.1, 0.15) is 0 Å². The monoisotopic (exact) mass is 326 g/mol. The third kappa shape index (κ3) is 2.33. The summed E-state index contributed by atoms with van der Waals surface area (Å²) in [5.74, 6) is 0. The maximum Gasteiger partial charge on any atom is 0.100 e. The molecular weight excluding hydrogens is 312 g/mol. The van der Waals surface area contributed by atoms with Crippen molar-refractivity contribution < 1.29 is 4.42 Å². The van der Waals surface area contributed by atoms with E-state index in [4.69, 9.17) is 4.42 Å². The topological polar surface area (TPSA) is 48.8 Å². The largest absolute Gasteiger partial charge is 0.472 e. The zero-order valence-electron chi connectivity index (χ0n) is 13.3. The number of aromatic nitrogens is 4. The molecular formula is C20H14N4O. The summed E-state index contributed by atoms with van der Waals surface area (Å²) in [6, 6.07) is 16.5. The summed E-state index contributed by atoms with van der Waals surface area (Å²) >= 11 is 0. The highest BCUT2D eigenvalue weighted by atomic mass is 16.3. The second kappa shape index (κ2) is 5.49. The van der Waals surface area contributed by atoms with Crippen LogP contribution in [0, 0.1) is 0 Å². The second-order valence-electron chi connectivity index (χ2n) is 5.82. The van der Waals surface area contributed by atoms with E-state index in [2.05, 4.69) is 50.9 Å². The van der Waals surface area contributed by atoms with Crippen molar-refractivity contribution in [2.45, 2.75) is 0 Å². The van der Waals surface area contributed by atoms with Crippen LogP contribution in [0.2, 0.25) is 0 Å². The lowest BCUT2D eigenvalue weighted by atomic mass is 10.1. The molecule has 0 spiro atoms. The Morgan fingerprint density at radius 1 is 0.880 bits per heavy atom. The number of furan rings is 1. The van der Waals surface area contributed by atoms with Gasteiger partial charge in [-0.05, 0) is 42.0 Å². The minimum atomic E-state index is 0.951. The Kier molecular flexibility index (Phi) is 3.03. The highest BCUT2D eigenvalue weighted by molar-refractivity contribution is 5.83. The van der Waals surface area contributed by atoms with Crippen LogP contribution in [0.4, 0.5) is 0 Å². The third-order valence-electron chi connectivity index (χ3n) is 4.31. The van der Waals surface area contributed by atoms with E-state index in [9.17, 15) is 0 Å². The Hall–Kier alpha value is -3.60. The smallest absolute Gasteiger partial charge is 0.100 e. The summed E-state index contributed by atoms with van der Waals surface area (Å²) in [6.07, 6.45) is 10.8. The van der Waals surface area contributed by atoms with Crippen molar-refractivity contribution in [3.05, 3.63) is 86.1 Å². The Labute approximate surface area is 143 Å². The maximum atomic E-state index is 5.17. The fraction of sp³-hybridized carbons (Fsp3) is 0. The molecule has 0 aliphatic heterocycles. The van der Waals surface area contributed by atoms with Gasteiger partial charge in [-0.15, -0.1) is 0 Å². The summed E-state index contributed by atoms with van der Waals surface area (Å²) in [6.45, 7) is 0. The van der Waals surface area contributed by atoms with Crippen molar-refractivity contribution in [1.82, 2.24) is 19.1 Å². The van der Waals surface area contributed by atoms with Gasteiger partial charge in [0, 0.05) is 29.3 Å². The Morgan fingerprint density at radius 3 is 2.68 bits per heavy atom. The van der Waals surface area contributed by atoms with Crippen molar-refractivity contribution in [2.75, 3.05) is 0 Å². The zero-order valence-corrected chi connectivity index (χ0v) is 13.3. The van der Waals surface area contributed by atoms with Crippen molar-refractivity contribution in [2.24, 2.45) is 0 Å². The van der Waals surface area contributed by atoms with Crippen LogP contribution in [0.25, 0.3) is 33.5 Å². The van der Waals surface area contributed by atoms with Crippen LogP contribution in [-0.4, -0.2) is 19.1 Å². The molecule has 5 rings (SSSR count). The molecule has 0 unspecified atom stereocenters. The van der Waals surface area contributed by atoms with E-state index >= 15 is 0 Å². The van der Waals surface area contributed by atoms with Crippen molar-refractivity contribution in [1.29, 1.82) is 0 Å². The van der Waals surface area contributed by atoms with Crippen LogP contribution in [-0.2, 0) is 0 Å². The van der Waals surface area contributed by atoms with Crippen molar-refractivity contribution in [3.63, 3.8) is 0 Å². The van der Waals surface area contributed by atoms with Gasteiger partial charge in [0.1, 0.15) is 6.33 Å². The predicted molar refractivity (Wildman–Crippen MR) is 95.9 cm³/mol. The van der Waals surface area contributed by atoms with Gasteiger partial charge in [-0.2, -0.15) is 0 Å². The van der Waals surface area contributed by atoms with Crippen LogP contribution in [0.3, 0.4) is 0 Å². The maximum absolute atomic E-state index is 5.17. The molecule has 0 saturated heterocycles. The average Bonchev–Trinajstić information content (AvgIpc) is 3.42. The third-order valence-corrected chi connectivity index (χ3v) is 4.31. The van der Waals surface area contributed by atoms with Crippen molar-refractivity contribution in [3.8, 4) is 22.5 Å². The highest BCUT2D eigenvalue weighted by Crippen LogP contribution is 2.26. The Morgan fingerprint density at radius 2 is 1.84 bits per heavy atom. The van der Waals surface area contributed by atoms with Crippen LogP contribution in [0.5, 0.6) is 0 Å². The standard InChI is InChI=1S/C20H14N4O/c1-2-17(23-8-7-21-13-23)11-18(3-1)24-14-22-19-10-15(4-5-20(19)24)16-6-9-25-12-16/h1-14H. The molecule has 0 fully saturated rings. The first-order valence-corrected chi connectivity index (χ1v) is 7.97. The number of nitrogens with zero attached hydrogens (tertiary/aromatic N) is 4. The summed E-state index contributed by atoms with van der Waals surface area (Å²) in [4.78, 5) is 8.68. The quantitative estimate of drug-likeness (QED) is 0.491. The van der Waals surface area contributed by atoms with Gasteiger partial charge in [0.25, 0.3) is 0 Å². The van der Waals surface area contributed by atoms with Gasteiger partial charge in [0.2, 0.25) is 0 Å². The Balaban J connectivity index is 1.61. The second-order valence-corrected chi connectivity index (χ2v) is 5.82. The molecule has 0 aliphatic carbocycles. The fourth-order valence-corrected chi connectivity index (χ4v) is 3.04. The van der Waals surface area contributed by atoms with E-state index in [1.54, 1.807) is 25.1 Å². The van der Waals surface area contributed by atoms with Crippen LogP contribution in [0.15, 0.2) is 90.5 Å². The Bertz CT molecular complexity index is 1140. The summed E-state index contributed by atoms with van der Waals surface area (Å²) in [5, 5.41) is 0. The molecule has 0 saturated carbocycles. The van der Waals surface area contributed by atoms with Gasteiger partial charge in [-0.3, -0.25) is 4.57 Å². The molecule has 0 bridgehead atoms. The average molecular weight is 326 g/mol. The molecule has 5 nitrogen and oxygen atoms in total. The molecule has 0 aliphatic rings.